The number of nitriles is 1. The molecule has 0 unspecified atom stereocenters. The number of carbonyl (C=O) groups is 1. The molecule has 9 heteroatoms. The number of nitrogens with one attached hydrogen (secondary N) is 1. The Balaban J connectivity index is 1.56. The van der Waals surface area contributed by atoms with Gasteiger partial charge in [-0.1, -0.05) is 18.6 Å². The molecule has 0 spiro atoms. The fourth-order valence-electron chi connectivity index (χ4n) is 2.87. The summed E-state index contributed by atoms with van der Waals surface area (Å²) in [5, 5.41) is 13.3. The third-order valence-electron chi connectivity index (χ3n) is 4.32. The zero-order valence-electron chi connectivity index (χ0n) is 14.5. The third kappa shape index (κ3) is 3.80. The maximum atomic E-state index is 12.5. The van der Waals surface area contributed by atoms with Gasteiger partial charge >= 0.3 is 0 Å². The predicted octanol–water partition coefficient (Wildman–Crippen LogP) is 2.61. The molecular weight excluding hydrogens is 364 g/mol. The second kappa shape index (κ2) is 7.97. The molecule has 8 nitrogen and oxygen atoms in total. The van der Waals surface area contributed by atoms with Gasteiger partial charge in [-0.3, -0.25) is 14.2 Å². The third-order valence-corrected chi connectivity index (χ3v) is 4.65. The molecule has 0 amide bonds. The number of nitrogens with two attached hydrogens (primary N) is 1. The van der Waals surface area contributed by atoms with E-state index in [1.807, 2.05) is 24.3 Å². The minimum Gasteiger partial charge on any atom is -0.382 e. The Hall–Kier alpha value is -3.25. The first kappa shape index (κ1) is 18.5. The second-order valence-corrected chi connectivity index (χ2v) is 6.49. The van der Waals surface area contributed by atoms with Gasteiger partial charge in [-0.2, -0.15) is 15.0 Å². The predicted molar refractivity (Wildman–Crippen MR) is 104 cm³/mol. The fraction of sp³-hybridized carbons (Fsp3) is 0.278. The Morgan fingerprint density at radius 2 is 2.07 bits per heavy atom. The fourth-order valence-corrected chi connectivity index (χ4v) is 3.16. The molecule has 0 bridgehead atoms. The van der Waals surface area contributed by atoms with Crippen molar-refractivity contribution in [3.05, 3.63) is 51.2 Å². The van der Waals surface area contributed by atoms with Crippen LogP contribution in [0, 0.1) is 16.1 Å². The molecule has 0 aliphatic rings. The number of H-pyrrole nitrogens is 1. The van der Waals surface area contributed by atoms with Crippen LogP contribution in [-0.4, -0.2) is 25.2 Å². The Kier molecular flexibility index (Phi) is 5.47. The summed E-state index contributed by atoms with van der Waals surface area (Å²) in [6.07, 6.45) is 3.61. The highest BCUT2D eigenvalue weighted by molar-refractivity contribution is 7.71. The topological polar surface area (TPSA) is 122 Å². The molecule has 0 saturated carbocycles. The highest BCUT2D eigenvalue weighted by Crippen LogP contribution is 2.12. The molecule has 0 aliphatic heterocycles. The summed E-state index contributed by atoms with van der Waals surface area (Å²) in [7, 11) is 0. The molecule has 3 N–H and O–H groups in total. The summed E-state index contributed by atoms with van der Waals surface area (Å²) in [5.74, 6) is -0.189. The lowest BCUT2D eigenvalue weighted by molar-refractivity contribution is 0.0886. The van der Waals surface area contributed by atoms with Crippen LogP contribution < -0.4 is 11.3 Å². The largest absolute Gasteiger partial charge is 0.382 e. The van der Waals surface area contributed by atoms with Crippen LogP contribution in [0.4, 0.5) is 5.82 Å². The van der Waals surface area contributed by atoms with Crippen LogP contribution in [0.1, 0.15) is 36.0 Å². The van der Waals surface area contributed by atoms with Gasteiger partial charge in [0.25, 0.3) is 5.56 Å². The maximum Gasteiger partial charge on any atom is 0.262 e. The lowest BCUT2D eigenvalue weighted by Crippen LogP contribution is -2.22. The average molecular weight is 382 g/mol. The zero-order chi connectivity index (χ0) is 19.4. The van der Waals surface area contributed by atoms with Crippen LogP contribution in [-0.2, 0) is 6.54 Å². The van der Waals surface area contributed by atoms with Gasteiger partial charge < -0.3 is 10.7 Å². The van der Waals surface area contributed by atoms with E-state index >= 15 is 0 Å². The Morgan fingerprint density at radius 1 is 1.30 bits per heavy atom. The number of hydrogen-bond acceptors (Lipinski definition) is 6. The Labute approximate surface area is 159 Å². The standard InChI is InChI=1S/C18H18N6O2S/c19-10-12-11-21-24(16(12)20)15(25)8-2-1-5-9-23-17(26)13-6-3-4-7-14(13)22-18(23)27/h3-4,6-7,11H,1-2,5,8-9,20H2,(H,22,27). The first-order valence-corrected chi connectivity index (χ1v) is 8.92. The van der Waals surface area contributed by atoms with E-state index in [1.54, 1.807) is 10.6 Å². The van der Waals surface area contributed by atoms with E-state index in [1.165, 1.54) is 6.20 Å². The smallest absolute Gasteiger partial charge is 0.262 e. The second-order valence-electron chi connectivity index (χ2n) is 6.10. The highest BCUT2D eigenvalue weighted by Gasteiger charge is 2.13. The molecular formula is C18H18N6O2S. The summed E-state index contributed by atoms with van der Waals surface area (Å²) in [5.41, 5.74) is 6.50. The van der Waals surface area contributed by atoms with Gasteiger partial charge in [0, 0.05) is 13.0 Å². The summed E-state index contributed by atoms with van der Waals surface area (Å²) >= 11 is 5.28. The van der Waals surface area contributed by atoms with Gasteiger partial charge in [-0.05, 0) is 37.2 Å². The number of nitrogens with zero attached hydrogens (tertiary/aromatic N) is 4. The lowest BCUT2D eigenvalue weighted by Gasteiger charge is -2.08. The molecule has 2 aromatic heterocycles. The van der Waals surface area contributed by atoms with Crippen molar-refractivity contribution in [1.29, 1.82) is 5.26 Å². The average Bonchev–Trinajstić information content (AvgIpc) is 3.04. The molecule has 3 rings (SSSR count). The Morgan fingerprint density at radius 3 is 2.81 bits per heavy atom. The number of unbranched alkanes of at least 4 members (excludes halogenated alkanes) is 2. The quantitative estimate of drug-likeness (QED) is 0.499. The monoisotopic (exact) mass is 382 g/mol. The van der Waals surface area contributed by atoms with Crippen molar-refractivity contribution < 1.29 is 4.79 Å². The summed E-state index contributed by atoms with van der Waals surface area (Å²) in [6, 6.07) is 9.13. The van der Waals surface area contributed by atoms with Gasteiger partial charge in [-0.25, -0.2) is 0 Å². The molecule has 3 aromatic rings. The molecule has 0 fully saturated rings. The van der Waals surface area contributed by atoms with Crippen LogP contribution in [0.2, 0.25) is 0 Å². The summed E-state index contributed by atoms with van der Waals surface area (Å²) < 4.78 is 3.00. The van der Waals surface area contributed by atoms with Crippen LogP contribution in [0.25, 0.3) is 10.9 Å². The number of anilines is 1. The first-order valence-electron chi connectivity index (χ1n) is 8.51. The summed E-state index contributed by atoms with van der Waals surface area (Å²) in [4.78, 5) is 27.7. The van der Waals surface area contributed by atoms with Gasteiger partial charge in [0.15, 0.2) is 4.77 Å². The van der Waals surface area contributed by atoms with E-state index in [2.05, 4.69) is 10.1 Å². The number of benzene rings is 1. The molecule has 2 heterocycles. The number of fused-ring (bicyclic) bond motifs is 1. The number of para-hydroxylation sites is 1. The van der Waals surface area contributed by atoms with E-state index in [0.29, 0.717) is 29.5 Å². The van der Waals surface area contributed by atoms with Crippen molar-refractivity contribution in [1.82, 2.24) is 19.3 Å². The van der Waals surface area contributed by atoms with Gasteiger partial charge in [0.1, 0.15) is 17.5 Å². The van der Waals surface area contributed by atoms with Crippen molar-refractivity contribution in [3.63, 3.8) is 0 Å². The van der Waals surface area contributed by atoms with Crippen molar-refractivity contribution >= 4 is 34.8 Å². The molecule has 1 aromatic carbocycles. The molecule has 27 heavy (non-hydrogen) atoms. The molecule has 0 aliphatic carbocycles. The van der Waals surface area contributed by atoms with Crippen molar-refractivity contribution in [3.8, 4) is 6.07 Å². The summed E-state index contributed by atoms with van der Waals surface area (Å²) in [6.45, 7) is 0.482. The molecule has 0 atom stereocenters. The van der Waals surface area contributed by atoms with Crippen LogP contribution in [0.3, 0.4) is 0 Å². The van der Waals surface area contributed by atoms with Gasteiger partial charge in [0.2, 0.25) is 5.91 Å². The Bertz CT molecular complexity index is 1150. The van der Waals surface area contributed by atoms with E-state index < -0.39 is 0 Å². The SMILES string of the molecule is N#Cc1cnn(C(=O)CCCCCn2c(=S)[nH]c3ccccc3c2=O)c1N. The molecule has 0 radical (unpaired) electrons. The normalized spacial score (nSPS) is 10.8. The van der Waals surface area contributed by atoms with E-state index in [4.69, 9.17) is 23.2 Å². The highest BCUT2D eigenvalue weighted by atomic mass is 32.1. The van der Waals surface area contributed by atoms with Crippen LogP contribution in [0.15, 0.2) is 35.3 Å². The van der Waals surface area contributed by atoms with Crippen LogP contribution in [0.5, 0.6) is 0 Å². The first-order chi connectivity index (χ1) is 13.0. The number of aromatic nitrogens is 4. The number of carbonyl (C=O) groups excluding carboxylic acids is 1. The van der Waals surface area contributed by atoms with E-state index in [-0.39, 0.29) is 29.3 Å². The minimum atomic E-state index is -0.255. The van der Waals surface area contributed by atoms with Crippen LogP contribution >= 0.6 is 12.2 Å². The molecule has 138 valence electrons. The van der Waals surface area contributed by atoms with Crippen molar-refractivity contribution in [2.75, 3.05) is 5.73 Å². The van der Waals surface area contributed by atoms with E-state index in [0.717, 1.165) is 16.6 Å². The number of aromatic amines is 1. The molecule has 0 saturated heterocycles. The van der Waals surface area contributed by atoms with Gasteiger partial charge in [0.05, 0.1) is 17.1 Å². The van der Waals surface area contributed by atoms with Crippen molar-refractivity contribution in [2.24, 2.45) is 0 Å². The van der Waals surface area contributed by atoms with Gasteiger partial charge in [-0.15, -0.1) is 0 Å². The van der Waals surface area contributed by atoms with E-state index in [9.17, 15) is 9.59 Å². The maximum absolute atomic E-state index is 12.5. The number of nitrogen functional groups attached to an aromatic ring is 1. The zero-order valence-corrected chi connectivity index (χ0v) is 15.3. The number of hydrogen-bond donors (Lipinski definition) is 2. The minimum absolute atomic E-state index is 0.0662. The van der Waals surface area contributed by atoms with Crippen molar-refractivity contribution in [2.45, 2.75) is 32.2 Å². The lowest BCUT2D eigenvalue weighted by atomic mass is 10.2. The number of rotatable bonds is 6.